The summed E-state index contributed by atoms with van der Waals surface area (Å²) < 4.78 is 23.0. The van der Waals surface area contributed by atoms with Crippen molar-refractivity contribution in [2.45, 2.75) is 20.0 Å². The lowest BCUT2D eigenvalue weighted by molar-refractivity contribution is 0.144. The molecule has 0 fully saturated rings. The smallest absolute Gasteiger partial charge is 0.229 e. The van der Waals surface area contributed by atoms with Gasteiger partial charge in [0.2, 0.25) is 11.7 Å². The minimum atomic E-state index is 0.469. The van der Waals surface area contributed by atoms with Crippen molar-refractivity contribution in [2.24, 2.45) is 0 Å². The predicted octanol–water partition coefficient (Wildman–Crippen LogP) is 4.51. The second kappa shape index (κ2) is 9.70. The van der Waals surface area contributed by atoms with Gasteiger partial charge in [-0.1, -0.05) is 35.5 Å². The van der Waals surface area contributed by atoms with Crippen LogP contribution < -0.4 is 9.47 Å². The lowest BCUT2D eigenvalue weighted by Crippen LogP contribution is -1.99. The number of nitrogens with zero attached hydrogens (tertiary/aromatic N) is 2. The Balaban J connectivity index is 1.77. The highest BCUT2D eigenvalue weighted by Crippen LogP contribution is 2.36. The molecule has 0 amide bonds. The van der Waals surface area contributed by atoms with Gasteiger partial charge in [-0.25, -0.2) is 0 Å². The van der Waals surface area contributed by atoms with E-state index in [9.17, 15) is 0 Å². The lowest BCUT2D eigenvalue weighted by Gasteiger charge is -2.13. The molecule has 27 heavy (non-hydrogen) atoms. The van der Waals surface area contributed by atoms with Gasteiger partial charge in [-0.05, 0) is 47.2 Å². The largest absolute Gasteiger partial charge is 0.493 e. The van der Waals surface area contributed by atoms with Crippen LogP contribution >= 0.6 is 22.6 Å². The van der Waals surface area contributed by atoms with E-state index in [0.29, 0.717) is 49.5 Å². The summed E-state index contributed by atoms with van der Waals surface area (Å²) in [6, 6.07) is 13.8. The van der Waals surface area contributed by atoms with Crippen molar-refractivity contribution in [3.8, 4) is 22.9 Å². The number of halogens is 1. The molecule has 1 aromatic heterocycles. The maximum atomic E-state index is 5.95. The standard InChI is InChI=1S/C20H21IN2O4/c1-3-25-10-9-19-22-20(23-27-19)15-11-17(24-2)18(12-16(15)21)26-13-14-7-5-4-6-8-14/h4-8,11-12H,3,9-10,13H2,1-2H3. The topological polar surface area (TPSA) is 66.6 Å². The number of rotatable bonds is 9. The van der Waals surface area contributed by atoms with Crippen LogP contribution in [0.25, 0.3) is 11.4 Å². The van der Waals surface area contributed by atoms with Crippen molar-refractivity contribution < 1.29 is 18.7 Å². The molecule has 2 aromatic carbocycles. The second-order valence-corrected chi connectivity index (χ2v) is 6.88. The average molecular weight is 480 g/mol. The van der Waals surface area contributed by atoms with Gasteiger partial charge in [-0.2, -0.15) is 4.98 Å². The molecule has 0 saturated carbocycles. The first-order valence-electron chi connectivity index (χ1n) is 8.66. The molecule has 0 aliphatic rings. The Morgan fingerprint density at radius 1 is 1.11 bits per heavy atom. The van der Waals surface area contributed by atoms with Crippen molar-refractivity contribution in [3.05, 3.63) is 57.5 Å². The Labute approximate surface area is 172 Å². The zero-order valence-electron chi connectivity index (χ0n) is 15.3. The summed E-state index contributed by atoms with van der Waals surface area (Å²) in [7, 11) is 1.62. The van der Waals surface area contributed by atoms with Crippen LogP contribution in [0.5, 0.6) is 11.5 Å². The van der Waals surface area contributed by atoms with Crippen LogP contribution in [0.2, 0.25) is 0 Å². The van der Waals surface area contributed by atoms with Gasteiger partial charge in [0.05, 0.1) is 20.1 Å². The SMILES string of the molecule is CCOCCc1nc(-c2cc(OC)c(OCc3ccccc3)cc2I)no1. The maximum absolute atomic E-state index is 5.95. The first-order valence-corrected chi connectivity index (χ1v) is 9.74. The number of benzene rings is 2. The first kappa shape index (κ1) is 19.6. The van der Waals surface area contributed by atoms with Gasteiger partial charge in [0, 0.05) is 15.7 Å². The molecule has 0 bridgehead atoms. The van der Waals surface area contributed by atoms with Crippen LogP contribution in [0, 0.1) is 3.57 Å². The lowest BCUT2D eigenvalue weighted by atomic mass is 10.2. The Morgan fingerprint density at radius 2 is 1.93 bits per heavy atom. The Bertz CT molecular complexity index is 868. The molecule has 0 saturated heterocycles. The molecule has 0 radical (unpaired) electrons. The van der Waals surface area contributed by atoms with Gasteiger partial charge in [0.1, 0.15) is 6.61 Å². The normalized spacial score (nSPS) is 10.8. The van der Waals surface area contributed by atoms with E-state index >= 15 is 0 Å². The first-order chi connectivity index (χ1) is 13.2. The van der Waals surface area contributed by atoms with Crippen molar-refractivity contribution in [3.63, 3.8) is 0 Å². The van der Waals surface area contributed by atoms with Gasteiger partial charge < -0.3 is 18.7 Å². The molecule has 1 heterocycles. The van der Waals surface area contributed by atoms with Gasteiger partial charge >= 0.3 is 0 Å². The van der Waals surface area contributed by atoms with E-state index in [1.54, 1.807) is 7.11 Å². The molecule has 0 N–H and O–H groups in total. The fourth-order valence-electron chi connectivity index (χ4n) is 2.48. The molecule has 3 aromatic rings. The summed E-state index contributed by atoms with van der Waals surface area (Å²) >= 11 is 2.24. The molecule has 142 valence electrons. The molecule has 7 heteroatoms. The molecular formula is C20H21IN2O4. The molecule has 6 nitrogen and oxygen atoms in total. The summed E-state index contributed by atoms with van der Waals surface area (Å²) in [6.07, 6.45) is 0.590. The Hall–Kier alpha value is -2.13. The maximum Gasteiger partial charge on any atom is 0.229 e. The molecule has 0 spiro atoms. The van der Waals surface area contributed by atoms with Gasteiger partial charge in [0.25, 0.3) is 0 Å². The monoisotopic (exact) mass is 480 g/mol. The van der Waals surface area contributed by atoms with Crippen LogP contribution in [-0.4, -0.2) is 30.5 Å². The second-order valence-electron chi connectivity index (χ2n) is 5.72. The van der Waals surface area contributed by atoms with Crippen LogP contribution in [-0.2, 0) is 17.8 Å². The van der Waals surface area contributed by atoms with Gasteiger partial charge in [-0.15, -0.1) is 0 Å². The summed E-state index contributed by atoms with van der Waals surface area (Å²) in [5, 5.41) is 4.08. The minimum absolute atomic E-state index is 0.469. The fraction of sp³-hybridized carbons (Fsp3) is 0.300. The van der Waals surface area contributed by atoms with E-state index in [4.69, 9.17) is 18.7 Å². The van der Waals surface area contributed by atoms with Gasteiger partial charge in [-0.3, -0.25) is 0 Å². The highest BCUT2D eigenvalue weighted by Gasteiger charge is 2.16. The quantitative estimate of drug-likeness (QED) is 0.332. The zero-order chi connectivity index (χ0) is 19.1. The number of ether oxygens (including phenoxy) is 3. The van der Waals surface area contributed by atoms with Crippen molar-refractivity contribution in [1.82, 2.24) is 10.1 Å². The van der Waals surface area contributed by atoms with E-state index in [1.807, 2.05) is 49.4 Å². The average Bonchev–Trinajstić information content (AvgIpc) is 3.16. The van der Waals surface area contributed by atoms with Crippen molar-refractivity contribution in [2.75, 3.05) is 20.3 Å². The Morgan fingerprint density at radius 3 is 2.67 bits per heavy atom. The number of methoxy groups -OCH3 is 1. The van der Waals surface area contributed by atoms with E-state index in [-0.39, 0.29) is 0 Å². The third-order valence-corrected chi connectivity index (χ3v) is 4.76. The number of hydrogen-bond donors (Lipinski definition) is 0. The summed E-state index contributed by atoms with van der Waals surface area (Å²) in [6.45, 7) is 3.65. The third kappa shape index (κ3) is 5.20. The predicted molar refractivity (Wildman–Crippen MR) is 110 cm³/mol. The highest BCUT2D eigenvalue weighted by molar-refractivity contribution is 14.1. The van der Waals surface area contributed by atoms with E-state index < -0.39 is 0 Å². The molecule has 0 aliphatic heterocycles. The van der Waals surface area contributed by atoms with Gasteiger partial charge in [0.15, 0.2) is 11.5 Å². The van der Waals surface area contributed by atoms with Crippen LogP contribution in [0.3, 0.4) is 0 Å². The zero-order valence-corrected chi connectivity index (χ0v) is 17.4. The fourth-order valence-corrected chi connectivity index (χ4v) is 3.16. The van der Waals surface area contributed by atoms with Crippen LogP contribution in [0.4, 0.5) is 0 Å². The summed E-state index contributed by atoms with van der Waals surface area (Å²) in [4.78, 5) is 4.45. The molecule has 0 aliphatic carbocycles. The molecule has 3 rings (SSSR count). The van der Waals surface area contributed by atoms with E-state index in [1.165, 1.54) is 0 Å². The van der Waals surface area contributed by atoms with Crippen molar-refractivity contribution >= 4 is 22.6 Å². The van der Waals surface area contributed by atoms with E-state index in [0.717, 1.165) is 14.7 Å². The molecular weight excluding hydrogens is 459 g/mol. The van der Waals surface area contributed by atoms with Crippen LogP contribution in [0.15, 0.2) is 47.0 Å². The third-order valence-electron chi connectivity index (χ3n) is 3.86. The van der Waals surface area contributed by atoms with E-state index in [2.05, 4.69) is 32.7 Å². The molecule has 0 atom stereocenters. The number of aromatic nitrogens is 2. The highest BCUT2D eigenvalue weighted by atomic mass is 127. The van der Waals surface area contributed by atoms with Crippen molar-refractivity contribution in [1.29, 1.82) is 0 Å². The Kier molecular flexibility index (Phi) is 7.05. The summed E-state index contributed by atoms with van der Waals surface area (Å²) in [5.74, 6) is 2.38. The summed E-state index contributed by atoms with van der Waals surface area (Å²) in [5.41, 5.74) is 1.93. The number of hydrogen-bond acceptors (Lipinski definition) is 6. The van der Waals surface area contributed by atoms with Crippen LogP contribution in [0.1, 0.15) is 18.4 Å². The minimum Gasteiger partial charge on any atom is -0.493 e. The molecule has 0 unspecified atom stereocenters.